The Morgan fingerprint density at radius 1 is 1.73 bits per heavy atom. The van der Waals surface area contributed by atoms with Crippen LogP contribution in [-0.4, -0.2) is 29.3 Å². The van der Waals surface area contributed by atoms with E-state index in [9.17, 15) is 4.79 Å². The number of anilines is 1. The number of nitrogens with one attached hydrogen (secondary N) is 2. The minimum atomic E-state index is -0.0220. The number of amides is 1. The van der Waals surface area contributed by atoms with Crippen LogP contribution in [-0.2, 0) is 9.53 Å². The van der Waals surface area contributed by atoms with E-state index < -0.39 is 0 Å². The van der Waals surface area contributed by atoms with Gasteiger partial charge in [-0.2, -0.15) is 5.10 Å². The monoisotopic (exact) mass is 211 g/mol. The molecule has 0 aromatic carbocycles. The number of carbonyl (C=O) groups is 1. The minimum Gasteiger partial charge on any atom is -0.382 e. The van der Waals surface area contributed by atoms with Crippen molar-refractivity contribution in [3.8, 4) is 0 Å². The highest BCUT2D eigenvalue weighted by Gasteiger charge is 2.08. The maximum atomic E-state index is 11.5. The van der Waals surface area contributed by atoms with Gasteiger partial charge in [0.1, 0.15) is 5.82 Å². The van der Waals surface area contributed by atoms with Gasteiger partial charge in [-0.25, -0.2) is 0 Å². The molecule has 1 unspecified atom stereocenters. The lowest BCUT2D eigenvalue weighted by atomic mass is 10.2. The Hall–Kier alpha value is -1.36. The molecule has 1 rings (SSSR count). The summed E-state index contributed by atoms with van der Waals surface area (Å²) in [7, 11) is 1.64. The molecule has 15 heavy (non-hydrogen) atoms. The molecule has 0 fully saturated rings. The Balaban J connectivity index is 2.34. The van der Waals surface area contributed by atoms with Crippen LogP contribution in [0.3, 0.4) is 0 Å². The Labute approximate surface area is 89.2 Å². The third-order valence-corrected chi connectivity index (χ3v) is 2.27. The molecule has 0 bridgehead atoms. The predicted octanol–water partition coefficient (Wildman–Crippen LogP) is 1.47. The summed E-state index contributed by atoms with van der Waals surface area (Å²) in [6.07, 6.45) is 2.95. The first kappa shape index (κ1) is 11.7. The average Bonchev–Trinajstić information content (AvgIpc) is 2.61. The standard InChI is InChI=1S/C10H17N3O2/c1-7-6-11-13-10(7)12-9(14)5-4-8(2)15-3/h6,8H,4-5H2,1-3H3,(H2,11,12,13,14). The normalized spacial score (nSPS) is 12.5. The van der Waals surface area contributed by atoms with Crippen LogP contribution in [0, 0.1) is 6.92 Å². The van der Waals surface area contributed by atoms with Crippen molar-refractivity contribution >= 4 is 11.7 Å². The van der Waals surface area contributed by atoms with Crippen LogP contribution in [0.1, 0.15) is 25.3 Å². The first-order valence-electron chi connectivity index (χ1n) is 4.96. The van der Waals surface area contributed by atoms with E-state index in [0.29, 0.717) is 12.2 Å². The number of H-pyrrole nitrogens is 1. The summed E-state index contributed by atoms with van der Waals surface area (Å²) in [5.74, 6) is 0.649. The fourth-order valence-electron chi connectivity index (χ4n) is 1.13. The lowest BCUT2D eigenvalue weighted by Gasteiger charge is -2.08. The van der Waals surface area contributed by atoms with Crippen LogP contribution >= 0.6 is 0 Å². The first-order chi connectivity index (χ1) is 7.13. The van der Waals surface area contributed by atoms with Crippen molar-refractivity contribution in [1.29, 1.82) is 0 Å². The van der Waals surface area contributed by atoms with Gasteiger partial charge in [0.25, 0.3) is 0 Å². The summed E-state index contributed by atoms with van der Waals surface area (Å²) in [5.41, 5.74) is 0.933. The molecule has 0 aliphatic rings. The number of nitrogens with zero attached hydrogens (tertiary/aromatic N) is 1. The molecule has 1 amide bonds. The number of aryl methyl sites for hydroxylation is 1. The van der Waals surface area contributed by atoms with Gasteiger partial charge in [0.2, 0.25) is 5.91 Å². The molecule has 0 aliphatic carbocycles. The lowest BCUT2D eigenvalue weighted by Crippen LogP contribution is -2.15. The molecule has 5 nitrogen and oxygen atoms in total. The van der Waals surface area contributed by atoms with Crippen molar-refractivity contribution in [3.05, 3.63) is 11.8 Å². The number of ether oxygens (including phenoxy) is 1. The van der Waals surface area contributed by atoms with E-state index >= 15 is 0 Å². The summed E-state index contributed by atoms with van der Waals surface area (Å²) >= 11 is 0. The number of hydrogen-bond donors (Lipinski definition) is 2. The largest absolute Gasteiger partial charge is 0.382 e. The van der Waals surface area contributed by atoms with Crippen LogP contribution in [0.2, 0.25) is 0 Å². The molecule has 0 saturated heterocycles. The molecular weight excluding hydrogens is 194 g/mol. The fraction of sp³-hybridized carbons (Fsp3) is 0.600. The number of aromatic nitrogens is 2. The zero-order chi connectivity index (χ0) is 11.3. The Bertz CT molecular complexity index is 322. The summed E-state index contributed by atoms with van der Waals surface area (Å²) in [6, 6.07) is 0. The number of rotatable bonds is 5. The van der Waals surface area contributed by atoms with Gasteiger partial charge < -0.3 is 10.1 Å². The van der Waals surface area contributed by atoms with Crippen LogP contribution < -0.4 is 5.32 Å². The second-order valence-corrected chi connectivity index (χ2v) is 3.56. The fourth-order valence-corrected chi connectivity index (χ4v) is 1.13. The third-order valence-electron chi connectivity index (χ3n) is 2.27. The van der Waals surface area contributed by atoms with E-state index in [1.165, 1.54) is 0 Å². The predicted molar refractivity (Wildman–Crippen MR) is 57.7 cm³/mol. The maximum Gasteiger partial charge on any atom is 0.225 e. The van der Waals surface area contributed by atoms with Crippen molar-refractivity contribution in [2.24, 2.45) is 0 Å². The molecule has 0 radical (unpaired) electrons. The summed E-state index contributed by atoms with van der Waals surface area (Å²) < 4.78 is 5.06. The number of hydrogen-bond acceptors (Lipinski definition) is 3. The second-order valence-electron chi connectivity index (χ2n) is 3.56. The van der Waals surface area contributed by atoms with E-state index in [4.69, 9.17) is 4.74 Å². The zero-order valence-electron chi connectivity index (χ0n) is 9.33. The Morgan fingerprint density at radius 2 is 2.47 bits per heavy atom. The quantitative estimate of drug-likeness (QED) is 0.775. The molecule has 1 aromatic rings. The average molecular weight is 211 g/mol. The maximum absolute atomic E-state index is 11.5. The van der Waals surface area contributed by atoms with Crippen LogP contribution in [0.25, 0.3) is 0 Å². The molecule has 0 aliphatic heterocycles. The Morgan fingerprint density at radius 3 is 3.00 bits per heavy atom. The van der Waals surface area contributed by atoms with Gasteiger partial charge >= 0.3 is 0 Å². The molecule has 0 saturated carbocycles. The number of aromatic amines is 1. The molecule has 0 spiro atoms. The topological polar surface area (TPSA) is 67.0 Å². The van der Waals surface area contributed by atoms with Crippen molar-refractivity contribution in [1.82, 2.24) is 10.2 Å². The Kier molecular flexibility index (Phi) is 4.30. The number of carbonyl (C=O) groups excluding carboxylic acids is 1. The molecular formula is C10H17N3O2. The minimum absolute atomic E-state index is 0.0220. The lowest BCUT2D eigenvalue weighted by molar-refractivity contribution is -0.116. The highest BCUT2D eigenvalue weighted by molar-refractivity contribution is 5.90. The van der Waals surface area contributed by atoms with E-state index in [0.717, 1.165) is 12.0 Å². The van der Waals surface area contributed by atoms with Gasteiger partial charge in [0, 0.05) is 19.1 Å². The number of methoxy groups -OCH3 is 1. The molecule has 84 valence electrons. The second kappa shape index (κ2) is 5.50. The van der Waals surface area contributed by atoms with E-state index in [-0.39, 0.29) is 12.0 Å². The summed E-state index contributed by atoms with van der Waals surface area (Å²) in [5, 5.41) is 9.30. The van der Waals surface area contributed by atoms with Crippen LogP contribution in [0.5, 0.6) is 0 Å². The van der Waals surface area contributed by atoms with Crippen molar-refractivity contribution in [3.63, 3.8) is 0 Å². The highest BCUT2D eigenvalue weighted by atomic mass is 16.5. The first-order valence-corrected chi connectivity index (χ1v) is 4.96. The SMILES string of the molecule is COC(C)CCC(=O)Nc1[nH]ncc1C. The van der Waals surface area contributed by atoms with E-state index in [1.54, 1.807) is 13.3 Å². The zero-order valence-corrected chi connectivity index (χ0v) is 9.33. The van der Waals surface area contributed by atoms with Crippen molar-refractivity contribution < 1.29 is 9.53 Å². The van der Waals surface area contributed by atoms with Crippen molar-refractivity contribution in [2.75, 3.05) is 12.4 Å². The summed E-state index contributed by atoms with van der Waals surface area (Å²) in [6.45, 7) is 3.83. The third kappa shape index (κ3) is 3.71. The van der Waals surface area contributed by atoms with Crippen LogP contribution in [0.15, 0.2) is 6.20 Å². The smallest absolute Gasteiger partial charge is 0.225 e. The molecule has 1 atom stereocenters. The van der Waals surface area contributed by atoms with E-state index in [1.807, 2.05) is 13.8 Å². The molecule has 1 heterocycles. The molecule has 2 N–H and O–H groups in total. The van der Waals surface area contributed by atoms with Gasteiger partial charge in [-0.15, -0.1) is 0 Å². The van der Waals surface area contributed by atoms with Gasteiger partial charge in [-0.05, 0) is 20.3 Å². The van der Waals surface area contributed by atoms with Gasteiger partial charge in [0.15, 0.2) is 0 Å². The summed E-state index contributed by atoms with van der Waals surface area (Å²) in [4.78, 5) is 11.5. The van der Waals surface area contributed by atoms with Gasteiger partial charge in [-0.1, -0.05) is 0 Å². The molecule has 1 aromatic heterocycles. The molecule has 5 heteroatoms. The van der Waals surface area contributed by atoms with Gasteiger partial charge in [-0.3, -0.25) is 9.89 Å². The van der Waals surface area contributed by atoms with E-state index in [2.05, 4.69) is 15.5 Å². The van der Waals surface area contributed by atoms with Crippen molar-refractivity contribution in [2.45, 2.75) is 32.8 Å². The van der Waals surface area contributed by atoms with Gasteiger partial charge in [0.05, 0.1) is 12.3 Å². The highest BCUT2D eigenvalue weighted by Crippen LogP contribution is 2.09. The van der Waals surface area contributed by atoms with Crippen LogP contribution in [0.4, 0.5) is 5.82 Å².